The van der Waals surface area contributed by atoms with Gasteiger partial charge in [0.25, 0.3) is 5.69 Å². The van der Waals surface area contributed by atoms with E-state index in [1.54, 1.807) is 11.8 Å². The highest BCUT2D eigenvalue weighted by Gasteiger charge is 2.28. The number of halogens is 1. The van der Waals surface area contributed by atoms with Gasteiger partial charge < -0.3 is 9.64 Å². The third kappa shape index (κ3) is 4.12. The van der Waals surface area contributed by atoms with Gasteiger partial charge in [-0.3, -0.25) is 10.1 Å². The Hall–Kier alpha value is -1.94. The molecule has 1 aromatic carbocycles. The Kier molecular flexibility index (Phi) is 5.60. The van der Waals surface area contributed by atoms with Crippen LogP contribution in [0.1, 0.15) is 19.8 Å². The molecule has 0 bridgehead atoms. The SMILES string of the molecule is CCS(=O)(=O)NC1CCN(c2cc(OC)c(F)cc2[N+](=O)[O-])CC1. The van der Waals surface area contributed by atoms with Crippen LogP contribution in [0.5, 0.6) is 5.75 Å². The summed E-state index contributed by atoms with van der Waals surface area (Å²) in [5, 5.41) is 11.2. The second kappa shape index (κ2) is 7.31. The zero-order valence-electron chi connectivity index (χ0n) is 13.5. The van der Waals surface area contributed by atoms with Gasteiger partial charge in [0.05, 0.1) is 23.9 Å². The number of benzene rings is 1. The van der Waals surface area contributed by atoms with Crippen LogP contribution in [0.15, 0.2) is 12.1 Å². The number of nitro benzene ring substituents is 1. The van der Waals surface area contributed by atoms with E-state index in [0.717, 1.165) is 6.07 Å². The number of nitrogens with zero attached hydrogens (tertiary/aromatic N) is 2. The maximum atomic E-state index is 13.7. The van der Waals surface area contributed by atoms with Gasteiger partial charge in [-0.25, -0.2) is 17.5 Å². The predicted molar refractivity (Wildman–Crippen MR) is 87.4 cm³/mol. The smallest absolute Gasteiger partial charge is 0.295 e. The summed E-state index contributed by atoms with van der Waals surface area (Å²) in [5.41, 5.74) is -0.0593. The number of hydrogen-bond donors (Lipinski definition) is 1. The van der Waals surface area contributed by atoms with Crippen LogP contribution in [-0.4, -0.2) is 45.3 Å². The Labute approximate surface area is 139 Å². The summed E-state index contributed by atoms with van der Waals surface area (Å²) >= 11 is 0. The topological polar surface area (TPSA) is 102 Å². The predicted octanol–water partition coefficient (Wildman–Crippen LogP) is 1.65. The molecule has 0 radical (unpaired) electrons. The van der Waals surface area contributed by atoms with Crippen molar-refractivity contribution in [1.29, 1.82) is 0 Å². The first-order valence-electron chi connectivity index (χ1n) is 7.54. The van der Waals surface area contributed by atoms with E-state index in [4.69, 9.17) is 4.74 Å². The van der Waals surface area contributed by atoms with Crippen molar-refractivity contribution in [2.45, 2.75) is 25.8 Å². The zero-order chi connectivity index (χ0) is 17.9. The van der Waals surface area contributed by atoms with Gasteiger partial charge >= 0.3 is 0 Å². The maximum absolute atomic E-state index is 13.7. The molecule has 1 aliphatic rings. The van der Waals surface area contributed by atoms with Gasteiger partial charge in [-0.15, -0.1) is 0 Å². The van der Waals surface area contributed by atoms with Crippen LogP contribution in [0.3, 0.4) is 0 Å². The number of anilines is 1. The number of ether oxygens (including phenoxy) is 1. The molecule has 1 N–H and O–H groups in total. The van der Waals surface area contributed by atoms with Crippen LogP contribution in [0.2, 0.25) is 0 Å². The molecule has 0 aromatic heterocycles. The number of rotatable bonds is 6. The minimum absolute atomic E-state index is 0.00778. The summed E-state index contributed by atoms with van der Waals surface area (Å²) in [7, 11) is -1.99. The lowest BCUT2D eigenvalue weighted by molar-refractivity contribution is -0.384. The molecule has 0 unspecified atom stereocenters. The third-order valence-corrected chi connectivity index (χ3v) is 5.46. The van der Waals surface area contributed by atoms with Gasteiger partial charge in [0, 0.05) is 25.2 Å². The number of piperidine rings is 1. The van der Waals surface area contributed by atoms with E-state index in [1.165, 1.54) is 13.2 Å². The highest BCUT2D eigenvalue weighted by atomic mass is 32.2. The Morgan fingerprint density at radius 2 is 2.04 bits per heavy atom. The van der Waals surface area contributed by atoms with E-state index in [0.29, 0.717) is 25.9 Å². The van der Waals surface area contributed by atoms with Gasteiger partial charge in [0.1, 0.15) is 5.69 Å². The molecule has 24 heavy (non-hydrogen) atoms. The molecule has 0 spiro atoms. The van der Waals surface area contributed by atoms with Gasteiger partial charge in [-0.1, -0.05) is 0 Å². The molecule has 0 amide bonds. The molecule has 8 nitrogen and oxygen atoms in total. The number of nitro groups is 1. The van der Waals surface area contributed by atoms with Gasteiger partial charge in [-0.2, -0.15) is 0 Å². The molecule has 0 atom stereocenters. The van der Waals surface area contributed by atoms with E-state index < -0.39 is 20.8 Å². The van der Waals surface area contributed by atoms with E-state index in [2.05, 4.69) is 4.72 Å². The van der Waals surface area contributed by atoms with Crippen molar-refractivity contribution >= 4 is 21.4 Å². The first-order chi connectivity index (χ1) is 11.3. The Bertz CT molecular complexity index is 717. The second-order valence-corrected chi connectivity index (χ2v) is 7.56. The minimum atomic E-state index is -3.29. The lowest BCUT2D eigenvalue weighted by Crippen LogP contribution is -2.45. The van der Waals surface area contributed by atoms with E-state index in [9.17, 15) is 22.9 Å². The largest absolute Gasteiger partial charge is 0.494 e. The van der Waals surface area contributed by atoms with Gasteiger partial charge in [-0.05, 0) is 19.8 Å². The van der Waals surface area contributed by atoms with E-state index in [-0.39, 0.29) is 28.9 Å². The van der Waals surface area contributed by atoms with Crippen molar-refractivity contribution in [3.8, 4) is 5.75 Å². The quantitative estimate of drug-likeness (QED) is 0.611. The van der Waals surface area contributed by atoms with Crippen LogP contribution in [0.25, 0.3) is 0 Å². The molecule has 1 fully saturated rings. The van der Waals surface area contributed by atoms with Gasteiger partial charge in [0.15, 0.2) is 11.6 Å². The summed E-state index contributed by atoms with van der Waals surface area (Å²) in [4.78, 5) is 12.3. The van der Waals surface area contributed by atoms with Gasteiger partial charge in [0.2, 0.25) is 10.0 Å². The number of sulfonamides is 1. The summed E-state index contributed by atoms with van der Waals surface area (Å²) in [6.07, 6.45) is 1.02. The molecular formula is C14H20FN3O5S. The van der Waals surface area contributed by atoms with Crippen LogP contribution in [0, 0.1) is 15.9 Å². The zero-order valence-corrected chi connectivity index (χ0v) is 14.3. The molecule has 1 heterocycles. The summed E-state index contributed by atoms with van der Waals surface area (Å²) in [6, 6.07) is 1.96. The Morgan fingerprint density at radius 1 is 1.42 bits per heavy atom. The van der Waals surface area contributed by atoms with Crippen LogP contribution in [-0.2, 0) is 10.0 Å². The molecule has 0 saturated carbocycles. The minimum Gasteiger partial charge on any atom is -0.494 e. The average molecular weight is 361 g/mol. The van der Waals surface area contributed by atoms with Crippen LogP contribution >= 0.6 is 0 Å². The first kappa shape index (κ1) is 18.4. The fourth-order valence-electron chi connectivity index (χ4n) is 2.66. The fraction of sp³-hybridized carbons (Fsp3) is 0.571. The molecular weight excluding hydrogens is 341 g/mol. The maximum Gasteiger partial charge on any atom is 0.295 e. The van der Waals surface area contributed by atoms with E-state index >= 15 is 0 Å². The second-order valence-electron chi connectivity index (χ2n) is 5.52. The normalized spacial score (nSPS) is 16.2. The molecule has 1 saturated heterocycles. The lowest BCUT2D eigenvalue weighted by Gasteiger charge is -2.33. The molecule has 10 heteroatoms. The Morgan fingerprint density at radius 3 is 2.54 bits per heavy atom. The molecule has 134 valence electrons. The van der Waals surface area contributed by atoms with Crippen molar-refractivity contribution in [2.75, 3.05) is 30.9 Å². The van der Waals surface area contributed by atoms with Crippen molar-refractivity contribution in [1.82, 2.24) is 4.72 Å². The number of methoxy groups -OCH3 is 1. The lowest BCUT2D eigenvalue weighted by atomic mass is 10.0. The van der Waals surface area contributed by atoms with Crippen LogP contribution < -0.4 is 14.4 Å². The monoisotopic (exact) mass is 361 g/mol. The molecule has 1 aromatic rings. The molecule has 2 rings (SSSR count). The number of nitrogens with one attached hydrogen (secondary N) is 1. The highest BCUT2D eigenvalue weighted by Crippen LogP contribution is 2.35. The van der Waals surface area contributed by atoms with Crippen molar-refractivity contribution < 1.29 is 22.5 Å². The Balaban J connectivity index is 2.18. The summed E-state index contributed by atoms with van der Waals surface area (Å²) in [6.45, 7) is 2.41. The summed E-state index contributed by atoms with van der Waals surface area (Å²) in [5.74, 6) is -0.851. The van der Waals surface area contributed by atoms with Crippen molar-refractivity contribution in [3.63, 3.8) is 0 Å². The average Bonchev–Trinajstić information content (AvgIpc) is 2.55. The van der Waals surface area contributed by atoms with Crippen molar-refractivity contribution in [2.24, 2.45) is 0 Å². The van der Waals surface area contributed by atoms with E-state index in [1.807, 2.05) is 0 Å². The standard InChI is InChI=1S/C14H20FN3O5S/c1-3-24(21,22)16-10-4-6-17(7-5-10)12-9-14(23-2)11(15)8-13(12)18(19)20/h8-10,16H,3-7H2,1-2H3. The number of hydrogen-bond acceptors (Lipinski definition) is 6. The first-order valence-corrected chi connectivity index (χ1v) is 9.19. The molecule has 0 aliphatic carbocycles. The fourth-order valence-corrected chi connectivity index (χ4v) is 3.57. The highest BCUT2D eigenvalue weighted by molar-refractivity contribution is 7.89. The van der Waals surface area contributed by atoms with Crippen molar-refractivity contribution in [3.05, 3.63) is 28.1 Å². The van der Waals surface area contributed by atoms with Crippen LogP contribution in [0.4, 0.5) is 15.8 Å². The third-order valence-electron chi connectivity index (χ3n) is 4.01. The summed E-state index contributed by atoms with van der Waals surface area (Å²) < 4.78 is 44.5. The molecule has 1 aliphatic heterocycles.